The first-order chi connectivity index (χ1) is 6.79. The largest absolute Gasteiger partial charge is 0.501 e. The first kappa shape index (κ1) is 10.2. The number of thiophene rings is 1. The quantitative estimate of drug-likeness (QED) is 0.618. The van der Waals surface area contributed by atoms with Crippen LogP contribution in [0.1, 0.15) is 22.5 Å². The molecule has 0 bridgehead atoms. The van der Waals surface area contributed by atoms with Crippen LogP contribution >= 0.6 is 33.9 Å². The van der Waals surface area contributed by atoms with Crippen molar-refractivity contribution >= 4 is 39.7 Å². The van der Waals surface area contributed by atoms with Crippen LogP contribution in [0.15, 0.2) is 23.3 Å². The van der Waals surface area contributed by atoms with Crippen molar-refractivity contribution in [3.05, 3.63) is 31.7 Å². The van der Waals surface area contributed by atoms with E-state index in [0.717, 1.165) is 33.5 Å². The Bertz CT molecular complexity index is 381. The average Bonchev–Trinajstić information content (AvgIpc) is 2.65. The van der Waals surface area contributed by atoms with Gasteiger partial charge in [0.05, 0.1) is 17.7 Å². The maximum Gasteiger partial charge on any atom is 0.203 e. The molecule has 1 aliphatic rings. The Labute approximate surface area is 100 Å². The minimum Gasteiger partial charge on any atom is -0.501 e. The molecule has 0 radical (unpaired) electrons. The van der Waals surface area contributed by atoms with E-state index < -0.39 is 0 Å². The second-order valence-electron chi connectivity index (χ2n) is 3.04. The van der Waals surface area contributed by atoms with Crippen molar-refractivity contribution in [2.24, 2.45) is 0 Å². The maximum atomic E-state index is 11.9. The summed E-state index contributed by atoms with van der Waals surface area (Å²) >= 11 is 3.69. The zero-order chi connectivity index (χ0) is 9.97. The Kier molecular flexibility index (Phi) is 3.22. The summed E-state index contributed by atoms with van der Waals surface area (Å²) in [6.07, 6.45) is 3.40. The average molecular weight is 320 g/mol. The molecular formula is C10H9IO2S. The molecule has 1 aromatic heterocycles. The standard InChI is InChI=1S/C10H9IO2S/c11-8-3-5-14-10(8)9(12)7-2-1-4-13-6-7/h3,5-6H,1-2,4H2. The molecule has 74 valence electrons. The fourth-order valence-corrected chi connectivity index (χ4v) is 3.14. The highest BCUT2D eigenvalue weighted by Gasteiger charge is 2.18. The number of Topliss-reactive ketones (excluding diaryl/α,β-unsaturated/α-hetero) is 1. The van der Waals surface area contributed by atoms with Gasteiger partial charge in [0, 0.05) is 9.14 Å². The molecular weight excluding hydrogens is 311 g/mol. The summed E-state index contributed by atoms with van der Waals surface area (Å²) < 4.78 is 6.19. The van der Waals surface area contributed by atoms with E-state index in [9.17, 15) is 4.79 Å². The lowest BCUT2D eigenvalue weighted by Gasteiger charge is -2.11. The molecule has 0 saturated heterocycles. The lowest BCUT2D eigenvalue weighted by Crippen LogP contribution is -2.08. The van der Waals surface area contributed by atoms with Gasteiger partial charge in [-0.3, -0.25) is 4.79 Å². The first-order valence-corrected chi connectivity index (χ1v) is 6.33. The molecule has 1 aliphatic heterocycles. The van der Waals surface area contributed by atoms with Crippen molar-refractivity contribution in [2.75, 3.05) is 6.61 Å². The van der Waals surface area contributed by atoms with Crippen molar-refractivity contribution < 1.29 is 9.53 Å². The van der Waals surface area contributed by atoms with Crippen LogP contribution in [0.25, 0.3) is 0 Å². The monoisotopic (exact) mass is 320 g/mol. The van der Waals surface area contributed by atoms with E-state index in [1.165, 1.54) is 11.3 Å². The second kappa shape index (κ2) is 4.44. The Balaban J connectivity index is 2.23. The molecule has 0 saturated carbocycles. The van der Waals surface area contributed by atoms with Crippen LogP contribution < -0.4 is 0 Å². The highest BCUT2D eigenvalue weighted by atomic mass is 127. The number of hydrogen-bond donors (Lipinski definition) is 0. The smallest absolute Gasteiger partial charge is 0.203 e. The fraction of sp³-hybridized carbons (Fsp3) is 0.300. The van der Waals surface area contributed by atoms with Crippen LogP contribution in [0.3, 0.4) is 0 Å². The van der Waals surface area contributed by atoms with Gasteiger partial charge in [-0.2, -0.15) is 0 Å². The van der Waals surface area contributed by atoms with Crippen LogP contribution in [0.2, 0.25) is 0 Å². The Morgan fingerprint density at radius 3 is 3.00 bits per heavy atom. The maximum absolute atomic E-state index is 11.9. The number of carbonyl (C=O) groups excluding carboxylic acids is 1. The fourth-order valence-electron chi connectivity index (χ4n) is 1.33. The number of carbonyl (C=O) groups is 1. The molecule has 2 nitrogen and oxygen atoms in total. The van der Waals surface area contributed by atoms with Crippen molar-refractivity contribution in [1.29, 1.82) is 0 Å². The number of ketones is 1. The number of rotatable bonds is 2. The van der Waals surface area contributed by atoms with Crippen molar-refractivity contribution in [3.8, 4) is 0 Å². The number of ether oxygens (including phenoxy) is 1. The van der Waals surface area contributed by atoms with E-state index in [4.69, 9.17) is 4.74 Å². The molecule has 0 amide bonds. The summed E-state index contributed by atoms with van der Waals surface area (Å²) in [7, 11) is 0. The molecule has 2 rings (SSSR count). The number of allylic oxidation sites excluding steroid dienone is 1. The molecule has 0 N–H and O–H groups in total. The van der Waals surface area contributed by atoms with Gasteiger partial charge in [-0.05, 0) is 46.9 Å². The number of hydrogen-bond acceptors (Lipinski definition) is 3. The third-order valence-electron chi connectivity index (χ3n) is 2.05. The summed E-state index contributed by atoms with van der Waals surface area (Å²) in [5.41, 5.74) is 0.802. The molecule has 1 aromatic rings. The molecule has 0 aromatic carbocycles. The zero-order valence-corrected chi connectivity index (χ0v) is 10.4. The molecule has 0 fully saturated rings. The third kappa shape index (κ3) is 2.00. The first-order valence-electron chi connectivity index (χ1n) is 4.37. The second-order valence-corrected chi connectivity index (χ2v) is 5.12. The predicted octanol–water partition coefficient (Wildman–Crippen LogP) is 3.23. The topological polar surface area (TPSA) is 26.3 Å². The molecule has 2 heterocycles. The van der Waals surface area contributed by atoms with Gasteiger partial charge in [-0.15, -0.1) is 11.3 Å². The summed E-state index contributed by atoms with van der Waals surface area (Å²) in [4.78, 5) is 12.8. The minimum atomic E-state index is 0.129. The molecule has 0 unspecified atom stereocenters. The predicted molar refractivity (Wildman–Crippen MR) is 64.6 cm³/mol. The van der Waals surface area contributed by atoms with Crippen LogP contribution in [-0.4, -0.2) is 12.4 Å². The van der Waals surface area contributed by atoms with E-state index in [1.54, 1.807) is 6.26 Å². The molecule has 0 spiro atoms. The summed E-state index contributed by atoms with van der Waals surface area (Å²) in [5, 5.41) is 1.94. The van der Waals surface area contributed by atoms with Crippen LogP contribution in [-0.2, 0) is 4.74 Å². The van der Waals surface area contributed by atoms with Crippen molar-refractivity contribution in [2.45, 2.75) is 12.8 Å². The van der Waals surface area contributed by atoms with Crippen LogP contribution in [0.4, 0.5) is 0 Å². The summed E-state index contributed by atoms with van der Waals surface area (Å²) in [5.74, 6) is 0.129. The van der Waals surface area contributed by atoms with Gasteiger partial charge in [-0.1, -0.05) is 0 Å². The highest BCUT2D eigenvalue weighted by molar-refractivity contribution is 14.1. The highest BCUT2D eigenvalue weighted by Crippen LogP contribution is 2.25. The Morgan fingerprint density at radius 1 is 1.57 bits per heavy atom. The van der Waals surface area contributed by atoms with Gasteiger partial charge in [0.15, 0.2) is 0 Å². The minimum absolute atomic E-state index is 0.129. The van der Waals surface area contributed by atoms with Crippen molar-refractivity contribution in [3.63, 3.8) is 0 Å². The third-order valence-corrected chi connectivity index (χ3v) is 4.23. The SMILES string of the molecule is O=C(C1=COCCC1)c1sccc1I. The summed E-state index contributed by atoms with van der Waals surface area (Å²) in [6.45, 7) is 0.734. The van der Waals surface area contributed by atoms with Crippen molar-refractivity contribution in [1.82, 2.24) is 0 Å². The number of halogens is 1. The van der Waals surface area contributed by atoms with Gasteiger partial charge in [-0.25, -0.2) is 0 Å². The van der Waals surface area contributed by atoms with Gasteiger partial charge in [0.1, 0.15) is 0 Å². The normalized spacial score (nSPS) is 15.9. The molecule has 0 atom stereocenters. The van der Waals surface area contributed by atoms with E-state index >= 15 is 0 Å². The van der Waals surface area contributed by atoms with Gasteiger partial charge >= 0.3 is 0 Å². The lowest BCUT2D eigenvalue weighted by molar-refractivity contribution is 0.101. The summed E-state index contributed by atoms with van der Waals surface area (Å²) in [6, 6.07) is 1.96. The van der Waals surface area contributed by atoms with Gasteiger partial charge < -0.3 is 4.74 Å². The van der Waals surface area contributed by atoms with Gasteiger partial charge in [0.2, 0.25) is 5.78 Å². The van der Waals surface area contributed by atoms with E-state index in [0.29, 0.717) is 0 Å². The van der Waals surface area contributed by atoms with E-state index in [-0.39, 0.29) is 5.78 Å². The van der Waals surface area contributed by atoms with Crippen LogP contribution in [0, 0.1) is 3.57 Å². The van der Waals surface area contributed by atoms with E-state index in [2.05, 4.69) is 22.6 Å². The zero-order valence-electron chi connectivity index (χ0n) is 7.46. The van der Waals surface area contributed by atoms with Gasteiger partial charge in [0.25, 0.3) is 0 Å². The molecule has 14 heavy (non-hydrogen) atoms. The Morgan fingerprint density at radius 2 is 2.43 bits per heavy atom. The molecule has 4 heteroatoms. The molecule has 0 aliphatic carbocycles. The van der Waals surface area contributed by atoms with E-state index in [1.807, 2.05) is 11.4 Å². The van der Waals surface area contributed by atoms with Crippen LogP contribution in [0.5, 0.6) is 0 Å². The Hall–Kier alpha value is -0.360. The lowest BCUT2D eigenvalue weighted by atomic mass is 10.1.